The van der Waals surface area contributed by atoms with Crippen LogP contribution in [0.2, 0.25) is 0 Å². The van der Waals surface area contributed by atoms with Crippen LogP contribution in [0.15, 0.2) is 0 Å². The molecule has 6 heteroatoms. The molecule has 0 radical (unpaired) electrons. The molecule has 0 fully saturated rings. The van der Waals surface area contributed by atoms with Crippen molar-refractivity contribution in [1.82, 2.24) is 4.90 Å². The van der Waals surface area contributed by atoms with Gasteiger partial charge in [0.25, 0.3) is 0 Å². The maximum Gasteiger partial charge on any atom is 0.389 e. The van der Waals surface area contributed by atoms with Gasteiger partial charge >= 0.3 is 6.18 Å². The summed E-state index contributed by atoms with van der Waals surface area (Å²) in [6, 6.07) is 0.120. The van der Waals surface area contributed by atoms with Crippen LogP contribution in [0, 0.1) is 0 Å². The fourth-order valence-corrected chi connectivity index (χ4v) is 1.98. The molecule has 0 saturated heterocycles. The standard InChI is InChI=1S/C12H25F3N2O/c1-10(8-18-4)17(3)11(2,9-16)6-5-7-12(13,14)15/h10H,5-9,16H2,1-4H3. The Morgan fingerprint density at radius 2 is 1.83 bits per heavy atom. The Bertz CT molecular complexity index is 236. The lowest BCUT2D eigenvalue weighted by molar-refractivity contribution is -0.137. The van der Waals surface area contributed by atoms with Crippen molar-refractivity contribution < 1.29 is 17.9 Å². The topological polar surface area (TPSA) is 38.5 Å². The molecule has 2 unspecified atom stereocenters. The molecule has 0 heterocycles. The molecule has 0 aliphatic carbocycles. The summed E-state index contributed by atoms with van der Waals surface area (Å²) in [4.78, 5) is 2.01. The van der Waals surface area contributed by atoms with Gasteiger partial charge in [0.2, 0.25) is 0 Å². The molecule has 0 amide bonds. The van der Waals surface area contributed by atoms with E-state index in [4.69, 9.17) is 10.5 Å². The quantitative estimate of drug-likeness (QED) is 0.736. The zero-order valence-corrected chi connectivity index (χ0v) is 11.7. The third-order valence-electron chi connectivity index (χ3n) is 3.54. The summed E-state index contributed by atoms with van der Waals surface area (Å²) in [5, 5.41) is 0. The predicted octanol–water partition coefficient (Wildman–Crippen LogP) is 2.40. The van der Waals surface area contributed by atoms with Gasteiger partial charge < -0.3 is 10.5 Å². The first-order valence-electron chi connectivity index (χ1n) is 6.15. The van der Waals surface area contributed by atoms with Gasteiger partial charge in [-0.3, -0.25) is 4.90 Å². The number of methoxy groups -OCH3 is 1. The van der Waals surface area contributed by atoms with Gasteiger partial charge in [-0.15, -0.1) is 0 Å². The number of likely N-dealkylation sites (N-methyl/N-ethyl adjacent to an activating group) is 1. The Kier molecular flexibility index (Phi) is 7.17. The third-order valence-corrected chi connectivity index (χ3v) is 3.54. The van der Waals surface area contributed by atoms with Gasteiger partial charge in [-0.25, -0.2) is 0 Å². The smallest absolute Gasteiger partial charge is 0.383 e. The molecular formula is C12H25F3N2O. The highest BCUT2D eigenvalue weighted by atomic mass is 19.4. The van der Waals surface area contributed by atoms with Crippen LogP contribution in [0.4, 0.5) is 13.2 Å². The van der Waals surface area contributed by atoms with Crippen molar-refractivity contribution in [3.63, 3.8) is 0 Å². The van der Waals surface area contributed by atoms with Gasteiger partial charge in [-0.2, -0.15) is 13.2 Å². The van der Waals surface area contributed by atoms with Crippen molar-refractivity contribution in [2.75, 3.05) is 27.3 Å². The fraction of sp³-hybridized carbons (Fsp3) is 1.00. The van der Waals surface area contributed by atoms with Gasteiger partial charge in [0.05, 0.1) is 6.61 Å². The highest BCUT2D eigenvalue weighted by Gasteiger charge is 2.33. The van der Waals surface area contributed by atoms with E-state index in [0.29, 0.717) is 19.6 Å². The molecule has 3 nitrogen and oxygen atoms in total. The van der Waals surface area contributed by atoms with E-state index < -0.39 is 18.1 Å². The van der Waals surface area contributed by atoms with Gasteiger partial charge in [0.1, 0.15) is 0 Å². The summed E-state index contributed by atoms with van der Waals surface area (Å²) in [5.41, 5.74) is 5.30. The van der Waals surface area contributed by atoms with E-state index in [9.17, 15) is 13.2 Å². The zero-order chi connectivity index (χ0) is 14.4. The van der Waals surface area contributed by atoms with Crippen LogP contribution in [0.1, 0.15) is 33.1 Å². The molecule has 18 heavy (non-hydrogen) atoms. The fourth-order valence-electron chi connectivity index (χ4n) is 1.98. The number of alkyl halides is 3. The number of nitrogens with two attached hydrogens (primary N) is 1. The molecule has 0 aromatic heterocycles. The summed E-state index contributed by atoms with van der Waals surface area (Å²) in [7, 11) is 3.48. The molecule has 0 bridgehead atoms. The third kappa shape index (κ3) is 6.02. The molecule has 0 aromatic carbocycles. The number of nitrogens with zero attached hydrogens (tertiary/aromatic N) is 1. The molecule has 0 saturated carbocycles. The average Bonchev–Trinajstić information content (AvgIpc) is 2.26. The molecule has 0 rings (SSSR count). The van der Waals surface area contributed by atoms with E-state index in [1.165, 1.54) is 0 Å². The van der Waals surface area contributed by atoms with Crippen molar-refractivity contribution >= 4 is 0 Å². The average molecular weight is 270 g/mol. The highest BCUT2D eigenvalue weighted by molar-refractivity contribution is 4.88. The van der Waals surface area contributed by atoms with Crippen molar-refractivity contribution in [2.24, 2.45) is 5.73 Å². The molecule has 0 aliphatic rings. The lowest BCUT2D eigenvalue weighted by atomic mass is 9.91. The molecular weight excluding hydrogens is 245 g/mol. The largest absolute Gasteiger partial charge is 0.389 e. The van der Waals surface area contributed by atoms with Crippen LogP contribution >= 0.6 is 0 Å². The Morgan fingerprint density at radius 3 is 2.22 bits per heavy atom. The lowest BCUT2D eigenvalue weighted by Gasteiger charge is -2.42. The van der Waals surface area contributed by atoms with Crippen LogP contribution < -0.4 is 5.73 Å². The molecule has 2 N–H and O–H groups in total. The minimum atomic E-state index is -4.09. The lowest BCUT2D eigenvalue weighted by Crippen LogP contribution is -2.54. The monoisotopic (exact) mass is 270 g/mol. The SMILES string of the molecule is COCC(C)N(C)C(C)(CN)CCCC(F)(F)F. The normalized spacial score (nSPS) is 17.8. The number of halogens is 3. The Labute approximate surface area is 107 Å². The first kappa shape index (κ1) is 17.7. The van der Waals surface area contributed by atoms with E-state index in [1.54, 1.807) is 7.11 Å². The summed E-state index contributed by atoms with van der Waals surface area (Å²) >= 11 is 0. The molecule has 0 spiro atoms. The van der Waals surface area contributed by atoms with Crippen LogP contribution in [-0.2, 0) is 4.74 Å². The van der Waals surface area contributed by atoms with E-state index in [2.05, 4.69) is 0 Å². The van der Waals surface area contributed by atoms with Crippen molar-refractivity contribution in [1.29, 1.82) is 0 Å². The summed E-state index contributed by atoms with van der Waals surface area (Å²) in [6.45, 7) is 4.73. The van der Waals surface area contributed by atoms with E-state index >= 15 is 0 Å². The number of hydrogen-bond donors (Lipinski definition) is 1. The summed E-state index contributed by atoms with van der Waals surface area (Å²) in [6.07, 6.45) is -4.32. The second-order valence-corrected chi connectivity index (χ2v) is 5.09. The molecule has 0 aliphatic heterocycles. The summed E-state index contributed by atoms with van der Waals surface area (Å²) < 4.78 is 41.5. The Balaban J connectivity index is 4.40. The van der Waals surface area contributed by atoms with Gasteiger partial charge in [-0.05, 0) is 33.7 Å². The second-order valence-electron chi connectivity index (χ2n) is 5.09. The predicted molar refractivity (Wildman–Crippen MR) is 66.5 cm³/mol. The maximum absolute atomic E-state index is 12.2. The molecule has 2 atom stereocenters. The minimum Gasteiger partial charge on any atom is -0.383 e. The van der Waals surface area contributed by atoms with Crippen LogP contribution in [-0.4, -0.2) is 50.0 Å². The van der Waals surface area contributed by atoms with Crippen LogP contribution in [0.25, 0.3) is 0 Å². The zero-order valence-electron chi connectivity index (χ0n) is 11.7. The second kappa shape index (κ2) is 7.31. The van der Waals surface area contributed by atoms with E-state index in [0.717, 1.165) is 0 Å². The molecule has 0 aromatic rings. The molecule has 110 valence electrons. The van der Waals surface area contributed by atoms with E-state index in [-0.39, 0.29) is 12.5 Å². The Hall–Kier alpha value is -0.330. The van der Waals surface area contributed by atoms with Crippen molar-refractivity contribution in [3.8, 4) is 0 Å². The van der Waals surface area contributed by atoms with Gasteiger partial charge in [0, 0.05) is 31.7 Å². The van der Waals surface area contributed by atoms with Crippen LogP contribution in [0.5, 0.6) is 0 Å². The van der Waals surface area contributed by atoms with Crippen molar-refractivity contribution in [3.05, 3.63) is 0 Å². The number of rotatable bonds is 8. The van der Waals surface area contributed by atoms with Gasteiger partial charge in [0.15, 0.2) is 0 Å². The van der Waals surface area contributed by atoms with E-state index in [1.807, 2.05) is 25.8 Å². The highest BCUT2D eigenvalue weighted by Crippen LogP contribution is 2.27. The van der Waals surface area contributed by atoms with Gasteiger partial charge in [-0.1, -0.05) is 0 Å². The minimum absolute atomic E-state index is 0.0985. The maximum atomic E-state index is 12.2. The first-order valence-corrected chi connectivity index (χ1v) is 6.15. The first-order chi connectivity index (χ1) is 8.16. The Morgan fingerprint density at radius 1 is 1.28 bits per heavy atom. The number of ether oxygens (including phenoxy) is 1. The van der Waals surface area contributed by atoms with Crippen molar-refractivity contribution in [2.45, 2.75) is 50.9 Å². The number of hydrogen-bond acceptors (Lipinski definition) is 3. The summed E-state index contributed by atoms with van der Waals surface area (Å²) in [5.74, 6) is 0. The van der Waals surface area contributed by atoms with Crippen LogP contribution in [0.3, 0.4) is 0 Å².